The number of carbonyl (C=O) groups excluding carboxylic acids is 3. The summed E-state index contributed by atoms with van der Waals surface area (Å²) in [5.74, 6) is -1.17. The summed E-state index contributed by atoms with van der Waals surface area (Å²) in [6.45, 7) is 3.13. The van der Waals surface area contributed by atoms with Crippen LogP contribution in [-0.4, -0.2) is 30.8 Å². The van der Waals surface area contributed by atoms with E-state index in [4.69, 9.17) is 4.74 Å². The Hall–Kier alpha value is -2.95. The molecule has 25 heavy (non-hydrogen) atoms. The van der Waals surface area contributed by atoms with E-state index in [0.717, 1.165) is 16.7 Å². The summed E-state index contributed by atoms with van der Waals surface area (Å²) in [4.78, 5) is 35.6. The number of carbonyl (C=O) groups is 3. The van der Waals surface area contributed by atoms with Crippen molar-refractivity contribution in [3.05, 3.63) is 70.8 Å². The Kier molecular flexibility index (Phi) is 6.46. The largest absolute Gasteiger partial charge is 0.456 e. The quantitative estimate of drug-likeness (QED) is 0.621. The summed E-state index contributed by atoms with van der Waals surface area (Å²) in [7, 11) is 0. The second-order valence-electron chi connectivity index (χ2n) is 5.84. The predicted molar refractivity (Wildman–Crippen MR) is 94.4 cm³/mol. The van der Waals surface area contributed by atoms with E-state index in [1.165, 1.54) is 0 Å². The van der Waals surface area contributed by atoms with Crippen LogP contribution in [0, 0.1) is 13.8 Å². The number of hydrogen-bond acceptors (Lipinski definition) is 4. The maximum absolute atomic E-state index is 12.1. The van der Waals surface area contributed by atoms with Crippen molar-refractivity contribution in [3.63, 3.8) is 0 Å². The minimum absolute atomic E-state index is 0.190. The van der Waals surface area contributed by atoms with Crippen LogP contribution in [0.1, 0.15) is 27.0 Å². The van der Waals surface area contributed by atoms with Crippen molar-refractivity contribution >= 4 is 17.7 Å². The summed E-state index contributed by atoms with van der Waals surface area (Å²) in [6, 6.07) is 14.8. The molecule has 0 radical (unpaired) electrons. The fourth-order valence-electron chi connectivity index (χ4n) is 2.33. The first-order valence-electron chi connectivity index (χ1n) is 8.02. The van der Waals surface area contributed by atoms with Crippen molar-refractivity contribution in [2.75, 3.05) is 13.2 Å². The van der Waals surface area contributed by atoms with E-state index in [2.05, 4.69) is 5.32 Å². The molecule has 130 valence electrons. The number of rotatable bonds is 7. The number of Topliss-reactive ketones (excluding diaryl/α,β-unsaturated/α-hetero) is 1. The lowest BCUT2D eigenvalue weighted by molar-refractivity contribution is -0.142. The lowest BCUT2D eigenvalue weighted by atomic mass is 10.0. The molecule has 0 saturated carbocycles. The van der Waals surface area contributed by atoms with E-state index in [0.29, 0.717) is 5.56 Å². The molecule has 1 N–H and O–H groups in total. The normalized spacial score (nSPS) is 10.2. The minimum Gasteiger partial charge on any atom is -0.456 e. The molecule has 1 amide bonds. The Morgan fingerprint density at radius 1 is 1.00 bits per heavy atom. The van der Waals surface area contributed by atoms with Crippen LogP contribution in [0.15, 0.2) is 48.5 Å². The highest BCUT2D eigenvalue weighted by atomic mass is 16.5. The van der Waals surface area contributed by atoms with Gasteiger partial charge in [0, 0.05) is 5.56 Å². The fourth-order valence-corrected chi connectivity index (χ4v) is 2.33. The standard InChI is InChI=1S/C20H21NO4/c1-14-8-9-15(2)17(10-14)18(22)13-25-20(24)12-21-19(23)11-16-6-4-3-5-7-16/h3-10H,11-13H2,1-2H3,(H,21,23). The van der Waals surface area contributed by atoms with Crippen LogP contribution in [-0.2, 0) is 20.7 Å². The van der Waals surface area contributed by atoms with Crippen molar-refractivity contribution in [1.82, 2.24) is 5.32 Å². The first-order valence-corrected chi connectivity index (χ1v) is 8.02. The van der Waals surface area contributed by atoms with Crippen LogP contribution in [0.3, 0.4) is 0 Å². The molecule has 0 bridgehead atoms. The zero-order chi connectivity index (χ0) is 18.2. The second-order valence-corrected chi connectivity index (χ2v) is 5.84. The maximum atomic E-state index is 12.1. The Morgan fingerprint density at radius 2 is 1.72 bits per heavy atom. The monoisotopic (exact) mass is 339 g/mol. The van der Waals surface area contributed by atoms with Gasteiger partial charge in [0.25, 0.3) is 0 Å². The van der Waals surface area contributed by atoms with E-state index in [1.54, 1.807) is 6.07 Å². The maximum Gasteiger partial charge on any atom is 0.325 e. The molecule has 2 aromatic carbocycles. The molecule has 0 aliphatic rings. The SMILES string of the molecule is Cc1ccc(C)c(C(=O)COC(=O)CNC(=O)Cc2ccccc2)c1. The molecular formula is C20H21NO4. The summed E-state index contributed by atoms with van der Waals surface area (Å²) < 4.78 is 4.95. The van der Waals surface area contributed by atoms with E-state index >= 15 is 0 Å². The highest BCUT2D eigenvalue weighted by Crippen LogP contribution is 2.11. The van der Waals surface area contributed by atoms with Crippen molar-refractivity contribution in [1.29, 1.82) is 0 Å². The minimum atomic E-state index is -0.639. The molecule has 0 aliphatic heterocycles. The zero-order valence-corrected chi connectivity index (χ0v) is 14.4. The molecular weight excluding hydrogens is 318 g/mol. The van der Waals surface area contributed by atoms with E-state index < -0.39 is 5.97 Å². The van der Waals surface area contributed by atoms with Crippen LogP contribution >= 0.6 is 0 Å². The van der Waals surface area contributed by atoms with Crippen LogP contribution in [0.4, 0.5) is 0 Å². The molecule has 0 heterocycles. The van der Waals surface area contributed by atoms with Gasteiger partial charge in [0.15, 0.2) is 6.61 Å². The molecule has 0 aromatic heterocycles. The number of nitrogens with one attached hydrogen (secondary N) is 1. The molecule has 0 aliphatic carbocycles. The van der Waals surface area contributed by atoms with Gasteiger partial charge in [0.2, 0.25) is 11.7 Å². The molecule has 0 fully saturated rings. The topological polar surface area (TPSA) is 72.5 Å². The lowest BCUT2D eigenvalue weighted by Gasteiger charge is -2.08. The number of esters is 1. The molecule has 0 spiro atoms. The van der Waals surface area contributed by atoms with Gasteiger partial charge in [0.05, 0.1) is 6.42 Å². The third kappa shape index (κ3) is 5.88. The number of benzene rings is 2. The van der Waals surface area contributed by atoms with Gasteiger partial charge in [-0.3, -0.25) is 14.4 Å². The summed E-state index contributed by atoms with van der Waals surface area (Å²) >= 11 is 0. The second kappa shape index (κ2) is 8.78. The Morgan fingerprint density at radius 3 is 2.44 bits per heavy atom. The van der Waals surface area contributed by atoms with Gasteiger partial charge in [-0.2, -0.15) is 0 Å². The number of hydrogen-bond donors (Lipinski definition) is 1. The number of ketones is 1. The van der Waals surface area contributed by atoms with Crippen LogP contribution in [0.2, 0.25) is 0 Å². The Labute approximate surface area is 147 Å². The molecule has 2 aromatic rings. The highest BCUT2D eigenvalue weighted by Gasteiger charge is 2.13. The summed E-state index contributed by atoms with van der Waals surface area (Å²) in [5, 5.41) is 2.49. The van der Waals surface area contributed by atoms with E-state index in [-0.39, 0.29) is 31.3 Å². The molecule has 2 rings (SSSR count). The highest BCUT2D eigenvalue weighted by molar-refractivity contribution is 5.99. The zero-order valence-electron chi connectivity index (χ0n) is 14.4. The summed E-state index contributed by atoms with van der Waals surface area (Å²) in [5.41, 5.74) is 3.20. The molecule has 0 unspecified atom stereocenters. The van der Waals surface area contributed by atoms with Gasteiger partial charge in [-0.25, -0.2) is 0 Å². The third-order valence-corrected chi connectivity index (χ3v) is 3.70. The first kappa shape index (κ1) is 18.4. The fraction of sp³-hybridized carbons (Fsp3) is 0.250. The first-order chi connectivity index (χ1) is 12.0. The average Bonchev–Trinajstić information content (AvgIpc) is 2.60. The van der Waals surface area contributed by atoms with Crippen LogP contribution < -0.4 is 5.32 Å². The van der Waals surface area contributed by atoms with Gasteiger partial charge >= 0.3 is 5.97 Å². The third-order valence-electron chi connectivity index (χ3n) is 3.70. The van der Waals surface area contributed by atoms with E-state index in [1.807, 2.05) is 56.3 Å². The molecule has 0 saturated heterocycles. The average molecular weight is 339 g/mol. The Balaban J connectivity index is 1.76. The van der Waals surface area contributed by atoms with E-state index in [9.17, 15) is 14.4 Å². The molecule has 5 heteroatoms. The molecule has 5 nitrogen and oxygen atoms in total. The van der Waals surface area contributed by atoms with Crippen molar-refractivity contribution in [2.24, 2.45) is 0 Å². The lowest BCUT2D eigenvalue weighted by Crippen LogP contribution is -2.32. The van der Waals surface area contributed by atoms with Crippen molar-refractivity contribution in [2.45, 2.75) is 20.3 Å². The van der Waals surface area contributed by atoms with Crippen LogP contribution in [0.5, 0.6) is 0 Å². The summed E-state index contributed by atoms with van der Waals surface area (Å²) in [6.07, 6.45) is 0.190. The predicted octanol–water partition coefficient (Wildman–Crippen LogP) is 2.39. The van der Waals surface area contributed by atoms with Crippen molar-refractivity contribution in [3.8, 4) is 0 Å². The molecule has 0 atom stereocenters. The van der Waals surface area contributed by atoms with Gasteiger partial charge in [0.1, 0.15) is 6.54 Å². The Bertz CT molecular complexity index is 769. The van der Waals surface area contributed by atoms with Gasteiger partial charge in [-0.15, -0.1) is 0 Å². The van der Waals surface area contributed by atoms with Crippen molar-refractivity contribution < 1.29 is 19.1 Å². The van der Waals surface area contributed by atoms with Crippen LogP contribution in [0.25, 0.3) is 0 Å². The number of ether oxygens (including phenoxy) is 1. The van der Waals surface area contributed by atoms with Gasteiger partial charge in [-0.1, -0.05) is 48.0 Å². The van der Waals surface area contributed by atoms with Gasteiger partial charge < -0.3 is 10.1 Å². The number of amides is 1. The smallest absolute Gasteiger partial charge is 0.325 e. The van der Waals surface area contributed by atoms with Gasteiger partial charge in [-0.05, 0) is 31.0 Å². The number of aryl methyl sites for hydroxylation is 2.